The van der Waals surface area contributed by atoms with Gasteiger partial charge in [0.25, 0.3) is 0 Å². The summed E-state index contributed by atoms with van der Waals surface area (Å²) in [6, 6.07) is 22.0. The molecular formula is C25H25Cl2N3O3S. The first kappa shape index (κ1) is 24.5. The number of nitrogens with one attached hydrogen (secondary N) is 1. The van der Waals surface area contributed by atoms with E-state index >= 15 is 0 Å². The molecule has 9 heteroatoms. The number of anilines is 1. The first-order valence-electron chi connectivity index (χ1n) is 10.9. The lowest BCUT2D eigenvalue weighted by molar-refractivity contribution is -0.133. The van der Waals surface area contributed by atoms with Crippen molar-refractivity contribution < 1.29 is 13.2 Å². The molecule has 0 aromatic heterocycles. The molecule has 34 heavy (non-hydrogen) atoms. The van der Waals surface area contributed by atoms with Gasteiger partial charge < -0.3 is 9.80 Å². The molecule has 0 spiro atoms. The van der Waals surface area contributed by atoms with Crippen molar-refractivity contribution in [2.24, 2.45) is 0 Å². The van der Waals surface area contributed by atoms with Gasteiger partial charge in [-0.2, -0.15) is 4.72 Å². The van der Waals surface area contributed by atoms with E-state index in [1.54, 1.807) is 4.90 Å². The summed E-state index contributed by atoms with van der Waals surface area (Å²) in [6.45, 7) is 2.24. The van der Waals surface area contributed by atoms with Crippen LogP contribution in [0, 0.1) is 0 Å². The molecule has 1 aliphatic rings. The highest BCUT2D eigenvalue weighted by molar-refractivity contribution is 7.89. The van der Waals surface area contributed by atoms with Gasteiger partial charge in [-0.05, 0) is 54.4 Å². The van der Waals surface area contributed by atoms with Crippen LogP contribution >= 0.6 is 23.2 Å². The first-order valence-corrected chi connectivity index (χ1v) is 13.2. The highest BCUT2D eigenvalue weighted by atomic mass is 35.5. The summed E-state index contributed by atoms with van der Waals surface area (Å²) in [5.74, 6) is -0.243. The van der Waals surface area contributed by atoms with Crippen LogP contribution in [0.3, 0.4) is 0 Å². The molecule has 1 aliphatic heterocycles. The molecule has 1 saturated heterocycles. The maximum Gasteiger partial charge on any atom is 0.241 e. The molecule has 0 saturated carbocycles. The van der Waals surface area contributed by atoms with Crippen LogP contribution in [0.5, 0.6) is 0 Å². The van der Waals surface area contributed by atoms with Crippen LogP contribution in [0.25, 0.3) is 0 Å². The van der Waals surface area contributed by atoms with Crippen molar-refractivity contribution in [3.63, 3.8) is 0 Å². The lowest BCUT2D eigenvalue weighted by atomic mass is 10.1. The second kappa shape index (κ2) is 10.8. The second-order valence-electron chi connectivity index (χ2n) is 8.11. The topological polar surface area (TPSA) is 69.7 Å². The van der Waals surface area contributed by atoms with Gasteiger partial charge in [0, 0.05) is 41.9 Å². The van der Waals surface area contributed by atoms with Crippen LogP contribution in [-0.2, 0) is 21.2 Å². The number of benzene rings is 3. The predicted molar refractivity (Wildman–Crippen MR) is 136 cm³/mol. The SMILES string of the molecule is O=C([C@@H](Cc1ccccc1)NS(=O)(=O)c1ccc(Cl)cc1)N1CCN(c2cccc(Cl)c2)CC1. The lowest BCUT2D eigenvalue weighted by Gasteiger charge is -2.37. The van der Waals surface area contributed by atoms with Gasteiger partial charge in [0.15, 0.2) is 0 Å². The number of rotatable bonds is 7. The van der Waals surface area contributed by atoms with Crippen molar-refractivity contribution in [3.05, 3.63) is 94.5 Å². The summed E-state index contributed by atoms with van der Waals surface area (Å²) < 4.78 is 28.7. The fraction of sp³-hybridized carbons (Fsp3) is 0.240. The zero-order valence-electron chi connectivity index (χ0n) is 18.4. The van der Waals surface area contributed by atoms with Gasteiger partial charge in [-0.15, -0.1) is 0 Å². The maximum atomic E-state index is 13.5. The Morgan fingerprint density at radius 3 is 2.18 bits per heavy atom. The van der Waals surface area contributed by atoms with Gasteiger partial charge in [-0.25, -0.2) is 8.42 Å². The summed E-state index contributed by atoms with van der Waals surface area (Å²) in [5.41, 5.74) is 1.88. The zero-order chi connectivity index (χ0) is 24.1. The first-order chi connectivity index (χ1) is 16.3. The average molecular weight is 518 g/mol. The third kappa shape index (κ3) is 6.10. The Balaban J connectivity index is 1.50. The molecular weight excluding hydrogens is 493 g/mol. The summed E-state index contributed by atoms with van der Waals surface area (Å²) in [6.07, 6.45) is 0.251. The number of halogens is 2. The largest absolute Gasteiger partial charge is 0.368 e. The Hall–Kier alpha value is -2.58. The molecule has 0 unspecified atom stereocenters. The average Bonchev–Trinajstić information content (AvgIpc) is 2.84. The van der Waals surface area contributed by atoms with Gasteiger partial charge in [-0.1, -0.05) is 59.6 Å². The van der Waals surface area contributed by atoms with E-state index in [4.69, 9.17) is 23.2 Å². The van der Waals surface area contributed by atoms with E-state index in [1.807, 2.05) is 54.6 Å². The van der Waals surface area contributed by atoms with Crippen molar-refractivity contribution in [2.75, 3.05) is 31.1 Å². The monoisotopic (exact) mass is 517 g/mol. The Labute approximate surface area is 210 Å². The van der Waals surface area contributed by atoms with E-state index in [2.05, 4.69) is 9.62 Å². The van der Waals surface area contributed by atoms with E-state index in [9.17, 15) is 13.2 Å². The minimum atomic E-state index is -3.92. The molecule has 0 bridgehead atoms. The molecule has 1 N–H and O–H groups in total. The van der Waals surface area contributed by atoms with E-state index in [0.29, 0.717) is 36.2 Å². The van der Waals surface area contributed by atoms with Crippen molar-refractivity contribution in [3.8, 4) is 0 Å². The molecule has 1 fully saturated rings. The van der Waals surface area contributed by atoms with Gasteiger partial charge in [0.2, 0.25) is 15.9 Å². The summed E-state index contributed by atoms with van der Waals surface area (Å²) in [5, 5.41) is 1.10. The van der Waals surface area contributed by atoms with Gasteiger partial charge in [-0.3, -0.25) is 4.79 Å². The Kier molecular flexibility index (Phi) is 7.78. The van der Waals surface area contributed by atoms with Crippen molar-refractivity contribution in [1.29, 1.82) is 0 Å². The van der Waals surface area contributed by atoms with Crippen molar-refractivity contribution in [2.45, 2.75) is 17.4 Å². The molecule has 3 aromatic carbocycles. The Morgan fingerprint density at radius 2 is 1.53 bits per heavy atom. The number of amides is 1. The second-order valence-corrected chi connectivity index (χ2v) is 10.7. The molecule has 4 rings (SSSR count). The number of hydrogen-bond donors (Lipinski definition) is 1. The predicted octanol–water partition coefficient (Wildman–Crippen LogP) is 4.23. The van der Waals surface area contributed by atoms with E-state index < -0.39 is 16.1 Å². The Bertz CT molecular complexity index is 1230. The van der Waals surface area contributed by atoms with Crippen LogP contribution in [0.15, 0.2) is 83.8 Å². The van der Waals surface area contributed by atoms with Gasteiger partial charge in [0.05, 0.1) is 4.90 Å². The highest BCUT2D eigenvalue weighted by Crippen LogP contribution is 2.22. The van der Waals surface area contributed by atoms with Gasteiger partial charge in [0.1, 0.15) is 6.04 Å². The fourth-order valence-corrected chi connectivity index (χ4v) is 5.48. The van der Waals surface area contributed by atoms with Crippen LogP contribution < -0.4 is 9.62 Å². The molecule has 6 nitrogen and oxygen atoms in total. The number of carbonyl (C=O) groups is 1. The van der Waals surface area contributed by atoms with E-state index in [1.165, 1.54) is 24.3 Å². The molecule has 1 atom stereocenters. The number of carbonyl (C=O) groups excluding carboxylic acids is 1. The minimum absolute atomic E-state index is 0.0635. The van der Waals surface area contributed by atoms with Crippen LogP contribution in [0.4, 0.5) is 5.69 Å². The zero-order valence-corrected chi connectivity index (χ0v) is 20.7. The molecule has 178 valence electrons. The van der Waals surface area contributed by atoms with Crippen LogP contribution in [0.2, 0.25) is 10.0 Å². The molecule has 0 aliphatic carbocycles. The number of hydrogen-bond acceptors (Lipinski definition) is 4. The summed E-state index contributed by atoms with van der Waals surface area (Å²) in [4.78, 5) is 17.5. The Morgan fingerprint density at radius 1 is 0.853 bits per heavy atom. The fourth-order valence-electron chi connectivity index (χ4n) is 3.98. The molecule has 1 heterocycles. The van der Waals surface area contributed by atoms with Gasteiger partial charge >= 0.3 is 0 Å². The molecule has 3 aromatic rings. The third-order valence-corrected chi connectivity index (χ3v) is 7.74. The third-order valence-electron chi connectivity index (χ3n) is 5.77. The van der Waals surface area contributed by atoms with Crippen LogP contribution in [0.1, 0.15) is 5.56 Å². The van der Waals surface area contributed by atoms with Crippen LogP contribution in [-0.4, -0.2) is 51.4 Å². The number of piperazine rings is 1. The van der Waals surface area contributed by atoms with E-state index in [-0.39, 0.29) is 17.2 Å². The normalized spacial score (nSPS) is 15.2. The maximum absolute atomic E-state index is 13.5. The summed E-state index contributed by atoms with van der Waals surface area (Å²) >= 11 is 12.0. The molecule has 0 radical (unpaired) electrons. The standard InChI is InChI=1S/C25H25Cl2N3O3S/c26-20-9-11-23(12-10-20)34(32,33)28-24(17-19-5-2-1-3-6-19)25(31)30-15-13-29(14-16-30)22-8-4-7-21(27)18-22/h1-12,18,24,28H,13-17H2/t24-/m1/s1. The van der Waals surface area contributed by atoms with E-state index in [0.717, 1.165) is 11.3 Å². The highest BCUT2D eigenvalue weighted by Gasteiger charge is 2.31. The lowest BCUT2D eigenvalue weighted by Crippen LogP contribution is -2.55. The smallest absolute Gasteiger partial charge is 0.241 e. The number of nitrogens with zero attached hydrogens (tertiary/aromatic N) is 2. The van der Waals surface area contributed by atoms with Crippen molar-refractivity contribution >= 4 is 44.8 Å². The quantitative estimate of drug-likeness (QED) is 0.509. The number of sulfonamides is 1. The summed E-state index contributed by atoms with van der Waals surface area (Å²) in [7, 11) is -3.92. The molecule has 1 amide bonds. The minimum Gasteiger partial charge on any atom is -0.368 e. The van der Waals surface area contributed by atoms with Crippen molar-refractivity contribution in [1.82, 2.24) is 9.62 Å².